The van der Waals surface area contributed by atoms with Gasteiger partial charge >= 0.3 is 5.97 Å². The molecule has 34 heavy (non-hydrogen) atoms. The quantitative estimate of drug-likeness (QED) is 0.245. The van der Waals surface area contributed by atoms with E-state index in [9.17, 15) is 9.59 Å². The Morgan fingerprint density at radius 3 is 2.35 bits per heavy atom. The maximum atomic E-state index is 12.3. The van der Waals surface area contributed by atoms with Crippen LogP contribution in [0.15, 0.2) is 83.0 Å². The van der Waals surface area contributed by atoms with Crippen molar-refractivity contribution in [3.63, 3.8) is 0 Å². The fraction of sp³-hybridized carbons (Fsp3) is 0.400. The molecule has 1 aliphatic carbocycles. The number of carbonyl (C=O) groups is 2. The van der Waals surface area contributed by atoms with Gasteiger partial charge in [0.15, 0.2) is 0 Å². The summed E-state index contributed by atoms with van der Waals surface area (Å²) in [6, 6.07) is 6.67. The van der Waals surface area contributed by atoms with Crippen molar-refractivity contribution in [2.45, 2.75) is 73.8 Å². The normalized spacial score (nSPS) is 17.1. The molecule has 1 aromatic rings. The van der Waals surface area contributed by atoms with Gasteiger partial charge in [-0.1, -0.05) is 55.4 Å². The lowest BCUT2D eigenvalue weighted by atomic mass is 9.72. The molecule has 0 heterocycles. The first-order chi connectivity index (χ1) is 16.0. The Bertz CT molecular complexity index is 1030. The van der Waals surface area contributed by atoms with Crippen LogP contribution in [-0.2, 0) is 9.53 Å². The second-order valence-electron chi connectivity index (χ2n) is 9.94. The van der Waals surface area contributed by atoms with E-state index < -0.39 is 0 Å². The number of benzene rings is 1. The summed E-state index contributed by atoms with van der Waals surface area (Å²) in [5.41, 5.74) is 6.25. The summed E-state index contributed by atoms with van der Waals surface area (Å²) in [6.07, 6.45) is 15.4. The zero-order valence-corrected chi connectivity index (χ0v) is 21.7. The molecule has 4 nitrogen and oxygen atoms in total. The SMILES string of the molecule is CC1=C(/C=C/C(C)=C/C=C/C(C)=C\C(=O)Nc2ccc(C(=O)OC(C)C)cc2)C(C)(C)CCC1. The van der Waals surface area contributed by atoms with Crippen LogP contribution >= 0.6 is 0 Å². The molecule has 0 saturated carbocycles. The molecule has 4 heteroatoms. The molecule has 0 unspecified atom stereocenters. The lowest BCUT2D eigenvalue weighted by molar-refractivity contribution is -0.111. The molecule has 0 bridgehead atoms. The van der Waals surface area contributed by atoms with E-state index in [0.29, 0.717) is 11.3 Å². The lowest BCUT2D eigenvalue weighted by Gasteiger charge is -2.32. The largest absolute Gasteiger partial charge is 0.459 e. The van der Waals surface area contributed by atoms with Crippen LogP contribution in [0.2, 0.25) is 0 Å². The number of amides is 1. The highest BCUT2D eigenvalue weighted by Crippen LogP contribution is 2.40. The van der Waals surface area contributed by atoms with Gasteiger partial charge in [-0.05, 0) is 94.7 Å². The van der Waals surface area contributed by atoms with Crippen LogP contribution in [0.1, 0.15) is 78.1 Å². The summed E-state index contributed by atoms with van der Waals surface area (Å²) in [5, 5.41) is 2.81. The predicted octanol–water partition coefficient (Wildman–Crippen LogP) is 7.72. The van der Waals surface area contributed by atoms with E-state index in [2.05, 4.69) is 45.2 Å². The predicted molar refractivity (Wildman–Crippen MR) is 142 cm³/mol. The van der Waals surface area contributed by atoms with E-state index >= 15 is 0 Å². The molecule has 1 N–H and O–H groups in total. The summed E-state index contributed by atoms with van der Waals surface area (Å²) in [5.74, 6) is -0.594. The highest BCUT2D eigenvalue weighted by Gasteiger charge is 2.26. The summed E-state index contributed by atoms with van der Waals surface area (Å²) in [4.78, 5) is 24.2. The minimum Gasteiger partial charge on any atom is -0.459 e. The van der Waals surface area contributed by atoms with Crippen LogP contribution < -0.4 is 5.32 Å². The van der Waals surface area contributed by atoms with Crippen molar-refractivity contribution in [3.8, 4) is 0 Å². The second kappa shape index (κ2) is 12.4. The maximum absolute atomic E-state index is 12.3. The number of ether oxygens (including phenoxy) is 1. The van der Waals surface area contributed by atoms with Crippen molar-refractivity contribution >= 4 is 17.6 Å². The van der Waals surface area contributed by atoms with Crippen LogP contribution in [0.3, 0.4) is 0 Å². The van der Waals surface area contributed by atoms with Crippen molar-refractivity contribution < 1.29 is 14.3 Å². The minimum atomic E-state index is -0.374. The zero-order chi connectivity index (χ0) is 25.3. The number of carbonyl (C=O) groups excluding carboxylic acids is 2. The molecular formula is C30H39NO3. The summed E-state index contributed by atoms with van der Waals surface area (Å²) >= 11 is 0. The number of esters is 1. The van der Waals surface area contributed by atoms with E-state index in [-0.39, 0.29) is 23.4 Å². The summed E-state index contributed by atoms with van der Waals surface area (Å²) < 4.78 is 5.17. The van der Waals surface area contributed by atoms with Gasteiger partial charge in [-0.3, -0.25) is 4.79 Å². The fourth-order valence-electron chi connectivity index (χ4n) is 4.04. The number of hydrogen-bond acceptors (Lipinski definition) is 3. The molecule has 1 aromatic carbocycles. The van der Waals surface area contributed by atoms with Gasteiger partial charge in [0, 0.05) is 11.8 Å². The van der Waals surface area contributed by atoms with Crippen LogP contribution in [0.4, 0.5) is 5.69 Å². The Labute approximate surface area is 205 Å². The van der Waals surface area contributed by atoms with E-state index in [4.69, 9.17) is 4.74 Å². The Morgan fingerprint density at radius 2 is 1.74 bits per heavy atom. The highest BCUT2D eigenvalue weighted by molar-refractivity contribution is 6.00. The number of nitrogens with one attached hydrogen (secondary N) is 1. The molecule has 0 radical (unpaired) electrons. The standard InChI is InChI=1S/C30H39NO3/c1-21(2)34-29(33)25-14-16-26(17-15-25)31-28(32)20-23(4)11-8-10-22(3)13-18-27-24(5)12-9-19-30(27,6)7/h8,10-11,13-18,20-21H,9,12,19H2,1-7H3,(H,31,32)/b11-8+,18-13+,22-10+,23-20-. The Hall–Kier alpha value is -3.14. The van der Waals surface area contributed by atoms with Crippen LogP contribution in [0, 0.1) is 5.41 Å². The molecule has 0 saturated heterocycles. The van der Waals surface area contributed by atoms with Crippen molar-refractivity contribution in [2.75, 3.05) is 5.32 Å². The van der Waals surface area contributed by atoms with Crippen LogP contribution in [0.5, 0.6) is 0 Å². The molecule has 0 spiro atoms. The zero-order valence-electron chi connectivity index (χ0n) is 21.7. The first-order valence-electron chi connectivity index (χ1n) is 12.0. The molecule has 1 amide bonds. The van der Waals surface area contributed by atoms with Crippen molar-refractivity contribution in [1.29, 1.82) is 0 Å². The van der Waals surface area contributed by atoms with Gasteiger partial charge in [0.1, 0.15) is 0 Å². The van der Waals surface area contributed by atoms with Gasteiger partial charge in [0.25, 0.3) is 0 Å². The molecule has 0 aliphatic heterocycles. The monoisotopic (exact) mass is 461 g/mol. The average Bonchev–Trinajstić information content (AvgIpc) is 2.72. The molecule has 0 aromatic heterocycles. The van der Waals surface area contributed by atoms with Gasteiger partial charge in [-0.25, -0.2) is 4.79 Å². The van der Waals surface area contributed by atoms with Gasteiger partial charge in [-0.15, -0.1) is 0 Å². The first kappa shape index (κ1) is 27.1. The lowest BCUT2D eigenvalue weighted by Crippen LogP contribution is -2.19. The molecule has 182 valence electrons. The third kappa shape index (κ3) is 8.66. The number of allylic oxidation sites excluding steroid dienone is 9. The number of hydrogen-bond donors (Lipinski definition) is 1. The third-order valence-electron chi connectivity index (χ3n) is 5.86. The second-order valence-corrected chi connectivity index (χ2v) is 9.94. The van der Waals surface area contributed by atoms with Crippen LogP contribution in [-0.4, -0.2) is 18.0 Å². The van der Waals surface area contributed by atoms with Gasteiger partial charge in [0.2, 0.25) is 5.91 Å². The maximum Gasteiger partial charge on any atom is 0.338 e. The summed E-state index contributed by atoms with van der Waals surface area (Å²) in [6.45, 7) is 14.5. The van der Waals surface area contributed by atoms with Gasteiger partial charge < -0.3 is 10.1 Å². The van der Waals surface area contributed by atoms with Crippen molar-refractivity contribution in [1.82, 2.24) is 0 Å². The van der Waals surface area contributed by atoms with E-state index in [1.54, 1.807) is 44.2 Å². The minimum absolute atomic E-state index is 0.173. The molecule has 1 aliphatic rings. The molecule has 2 rings (SSSR count). The van der Waals surface area contributed by atoms with E-state index in [0.717, 1.165) is 11.1 Å². The van der Waals surface area contributed by atoms with E-state index in [1.165, 1.54) is 30.4 Å². The van der Waals surface area contributed by atoms with Gasteiger partial charge in [0.05, 0.1) is 11.7 Å². The Morgan fingerprint density at radius 1 is 1.06 bits per heavy atom. The third-order valence-corrected chi connectivity index (χ3v) is 5.86. The smallest absolute Gasteiger partial charge is 0.338 e. The van der Waals surface area contributed by atoms with Crippen molar-refractivity contribution in [3.05, 3.63) is 88.6 Å². The van der Waals surface area contributed by atoms with Crippen LogP contribution in [0.25, 0.3) is 0 Å². The Kier molecular flexibility index (Phi) is 9.85. The van der Waals surface area contributed by atoms with Crippen molar-refractivity contribution in [2.24, 2.45) is 5.41 Å². The first-order valence-corrected chi connectivity index (χ1v) is 12.0. The number of anilines is 1. The summed E-state index contributed by atoms with van der Waals surface area (Å²) in [7, 11) is 0. The molecule has 0 fully saturated rings. The molecular weight excluding hydrogens is 422 g/mol. The molecule has 0 atom stereocenters. The topological polar surface area (TPSA) is 55.4 Å². The number of rotatable bonds is 8. The Balaban J connectivity index is 1.93. The fourth-order valence-corrected chi connectivity index (χ4v) is 4.04. The van der Waals surface area contributed by atoms with Gasteiger partial charge in [-0.2, -0.15) is 0 Å². The average molecular weight is 462 g/mol. The highest BCUT2D eigenvalue weighted by atomic mass is 16.5. The van der Waals surface area contributed by atoms with E-state index in [1.807, 2.05) is 25.2 Å².